The van der Waals surface area contributed by atoms with Gasteiger partial charge in [0.25, 0.3) is 0 Å². The maximum atomic E-state index is 11.7. The van der Waals surface area contributed by atoms with Crippen molar-refractivity contribution in [1.82, 2.24) is 14.3 Å². The number of fused-ring (bicyclic) bond motifs is 1. The number of esters is 1. The lowest BCUT2D eigenvalue weighted by Gasteiger charge is -2.12. The molecule has 0 radical (unpaired) electrons. The summed E-state index contributed by atoms with van der Waals surface area (Å²) >= 11 is 3.39. The summed E-state index contributed by atoms with van der Waals surface area (Å²) in [7, 11) is 5.16. The lowest BCUT2D eigenvalue weighted by atomic mass is 10.2. The molecule has 0 N–H and O–H groups in total. The average Bonchev–Trinajstić information content (AvgIpc) is 2.79. The highest BCUT2D eigenvalue weighted by Gasteiger charge is 2.13. The molecule has 0 amide bonds. The molecule has 0 aliphatic rings. The summed E-state index contributed by atoms with van der Waals surface area (Å²) in [5, 5.41) is 0. The van der Waals surface area contributed by atoms with Crippen LogP contribution in [-0.4, -0.2) is 47.3 Å². The van der Waals surface area contributed by atoms with Gasteiger partial charge in [-0.3, -0.25) is 4.40 Å². The summed E-state index contributed by atoms with van der Waals surface area (Å²) in [5.74, 6) is 0.402. The standard InChI is InChI=1S/C13H15BrN4O2/c1-8(17(2)3)16-10-5-9(13(19)20-4)7-18-11(14)6-15-12(10)18/h5-7H,1-4H3. The van der Waals surface area contributed by atoms with Crippen molar-refractivity contribution in [2.24, 2.45) is 4.99 Å². The fraction of sp³-hybridized carbons (Fsp3) is 0.308. The maximum Gasteiger partial charge on any atom is 0.339 e. The van der Waals surface area contributed by atoms with Crippen molar-refractivity contribution in [1.29, 1.82) is 0 Å². The van der Waals surface area contributed by atoms with Gasteiger partial charge in [0.15, 0.2) is 5.65 Å². The zero-order chi connectivity index (χ0) is 14.9. The summed E-state index contributed by atoms with van der Waals surface area (Å²) < 4.78 is 7.27. The van der Waals surface area contributed by atoms with E-state index in [0.29, 0.717) is 16.9 Å². The predicted octanol–water partition coefficient (Wildman–Crippen LogP) is 2.49. The zero-order valence-electron chi connectivity index (χ0n) is 11.7. The van der Waals surface area contributed by atoms with Crippen molar-refractivity contribution < 1.29 is 9.53 Å². The minimum Gasteiger partial charge on any atom is -0.465 e. The minimum absolute atomic E-state index is 0.411. The Morgan fingerprint density at radius 3 is 2.80 bits per heavy atom. The molecule has 0 saturated carbocycles. The molecule has 0 aliphatic carbocycles. The third-order valence-electron chi connectivity index (χ3n) is 2.89. The van der Waals surface area contributed by atoms with E-state index in [-0.39, 0.29) is 0 Å². The molecule has 2 aromatic heterocycles. The third kappa shape index (κ3) is 2.67. The molecule has 0 aromatic carbocycles. The van der Waals surface area contributed by atoms with Gasteiger partial charge in [-0.05, 0) is 28.9 Å². The van der Waals surface area contributed by atoms with E-state index in [0.717, 1.165) is 10.4 Å². The number of nitrogens with zero attached hydrogens (tertiary/aromatic N) is 4. The molecule has 20 heavy (non-hydrogen) atoms. The summed E-state index contributed by atoms with van der Waals surface area (Å²) in [5.41, 5.74) is 1.71. The van der Waals surface area contributed by atoms with Gasteiger partial charge in [-0.25, -0.2) is 14.8 Å². The number of methoxy groups -OCH3 is 1. The van der Waals surface area contributed by atoms with Crippen LogP contribution in [0.3, 0.4) is 0 Å². The van der Waals surface area contributed by atoms with Crippen molar-refractivity contribution in [3.05, 3.63) is 28.6 Å². The third-order valence-corrected chi connectivity index (χ3v) is 3.48. The molecule has 0 fully saturated rings. The number of halogens is 1. The molecular weight excluding hydrogens is 324 g/mol. The first-order chi connectivity index (χ1) is 9.43. The van der Waals surface area contributed by atoms with Gasteiger partial charge in [0.2, 0.25) is 0 Å². The van der Waals surface area contributed by atoms with E-state index in [1.807, 2.05) is 25.9 Å². The molecule has 0 unspecified atom stereocenters. The topological polar surface area (TPSA) is 59.2 Å². The van der Waals surface area contributed by atoms with Gasteiger partial charge in [-0.1, -0.05) is 0 Å². The largest absolute Gasteiger partial charge is 0.465 e. The number of carbonyl (C=O) groups excluding carboxylic acids is 1. The fourth-order valence-electron chi connectivity index (χ4n) is 1.63. The molecule has 0 bridgehead atoms. The number of aliphatic imine (C=N–C) groups is 1. The highest BCUT2D eigenvalue weighted by atomic mass is 79.9. The van der Waals surface area contributed by atoms with Crippen LogP contribution in [0.1, 0.15) is 17.3 Å². The molecule has 2 aromatic rings. The molecule has 2 rings (SSSR count). The van der Waals surface area contributed by atoms with E-state index in [2.05, 4.69) is 25.9 Å². The van der Waals surface area contributed by atoms with Crippen LogP contribution in [0.25, 0.3) is 5.65 Å². The number of hydrogen-bond donors (Lipinski definition) is 0. The monoisotopic (exact) mass is 338 g/mol. The first-order valence-corrected chi connectivity index (χ1v) is 6.71. The van der Waals surface area contributed by atoms with Gasteiger partial charge in [0, 0.05) is 20.3 Å². The smallest absolute Gasteiger partial charge is 0.339 e. The maximum absolute atomic E-state index is 11.7. The van der Waals surface area contributed by atoms with Crippen LogP contribution in [-0.2, 0) is 4.74 Å². The van der Waals surface area contributed by atoms with Gasteiger partial charge in [0.05, 0.1) is 18.9 Å². The lowest BCUT2D eigenvalue weighted by molar-refractivity contribution is 0.0600. The van der Waals surface area contributed by atoms with Gasteiger partial charge < -0.3 is 9.64 Å². The van der Waals surface area contributed by atoms with Crippen LogP contribution in [0, 0.1) is 0 Å². The second kappa shape index (κ2) is 5.62. The Morgan fingerprint density at radius 2 is 2.20 bits per heavy atom. The number of hydrogen-bond acceptors (Lipinski definition) is 4. The van der Waals surface area contributed by atoms with Crippen molar-refractivity contribution in [3.8, 4) is 0 Å². The Labute approximate surface area is 125 Å². The average molecular weight is 339 g/mol. The SMILES string of the molecule is COC(=O)c1cc(N=C(C)N(C)C)c2ncc(Br)n2c1. The van der Waals surface area contributed by atoms with E-state index in [1.165, 1.54) is 7.11 Å². The highest BCUT2D eigenvalue weighted by Crippen LogP contribution is 2.25. The van der Waals surface area contributed by atoms with Crippen molar-refractivity contribution in [2.75, 3.05) is 21.2 Å². The lowest BCUT2D eigenvalue weighted by Crippen LogP contribution is -2.18. The molecule has 0 spiro atoms. The second-order valence-corrected chi connectivity index (χ2v) is 5.25. The Hall–Kier alpha value is -1.89. The van der Waals surface area contributed by atoms with E-state index < -0.39 is 5.97 Å². The number of imidazole rings is 1. The van der Waals surface area contributed by atoms with Crippen molar-refractivity contribution >= 4 is 39.1 Å². The van der Waals surface area contributed by atoms with Gasteiger partial charge in [-0.15, -0.1) is 0 Å². The summed E-state index contributed by atoms with van der Waals surface area (Å²) in [4.78, 5) is 22.4. The Bertz CT molecular complexity index is 691. The number of pyridine rings is 1. The predicted molar refractivity (Wildman–Crippen MR) is 80.7 cm³/mol. The second-order valence-electron chi connectivity index (χ2n) is 4.43. The van der Waals surface area contributed by atoms with E-state index in [9.17, 15) is 4.79 Å². The van der Waals surface area contributed by atoms with Crippen molar-refractivity contribution in [3.63, 3.8) is 0 Å². The number of amidine groups is 1. The highest BCUT2D eigenvalue weighted by molar-refractivity contribution is 9.10. The minimum atomic E-state index is -0.411. The van der Waals surface area contributed by atoms with Gasteiger partial charge >= 0.3 is 5.97 Å². The Morgan fingerprint density at radius 1 is 1.50 bits per heavy atom. The Balaban J connectivity index is 2.68. The summed E-state index contributed by atoms with van der Waals surface area (Å²) in [6.07, 6.45) is 3.34. The first kappa shape index (κ1) is 14.5. The van der Waals surface area contributed by atoms with Gasteiger partial charge in [-0.2, -0.15) is 0 Å². The van der Waals surface area contributed by atoms with E-state index in [4.69, 9.17) is 4.74 Å². The number of aromatic nitrogens is 2. The number of ether oxygens (including phenoxy) is 1. The molecule has 0 aliphatic heterocycles. The molecule has 6 nitrogen and oxygen atoms in total. The van der Waals surface area contributed by atoms with E-state index in [1.54, 1.807) is 22.9 Å². The van der Waals surface area contributed by atoms with Crippen LogP contribution in [0.15, 0.2) is 28.1 Å². The van der Waals surface area contributed by atoms with Crippen LogP contribution in [0.2, 0.25) is 0 Å². The van der Waals surface area contributed by atoms with E-state index >= 15 is 0 Å². The van der Waals surface area contributed by atoms with Crippen LogP contribution >= 0.6 is 15.9 Å². The molecule has 7 heteroatoms. The Kier molecular flexibility index (Phi) is 4.08. The normalized spacial score (nSPS) is 11.8. The number of carbonyl (C=O) groups is 1. The zero-order valence-corrected chi connectivity index (χ0v) is 13.3. The van der Waals surface area contributed by atoms with Crippen LogP contribution < -0.4 is 0 Å². The molecule has 0 atom stereocenters. The first-order valence-electron chi connectivity index (χ1n) is 5.91. The fourth-order valence-corrected chi connectivity index (χ4v) is 2.00. The number of rotatable bonds is 2. The van der Waals surface area contributed by atoms with Crippen LogP contribution in [0.4, 0.5) is 5.69 Å². The summed E-state index contributed by atoms with van der Waals surface area (Å²) in [6, 6.07) is 1.67. The van der Waals surface area contributed by atoms with Gasteiger partial charge in [0.1, 0.15) is 16.1 Å². The van der Waals surface area contributed by atoms with Crippen molar-refractivity contribution in [2.45, 2.75) is 6.92 Å². The molecular formula is C13H15BrN4O2. The quantitative estimate of drug-likeness (QED) is 0.479. The van der Waals surface area contributed by atoms with Crippen LogP contribution in [0.5, 0.6) is 0 Å². The molecule has 106 valence electrons. The molecule has 2 heterocycles. The molecule has 0 saturated heterocycles. The summed E-state index contributed by atoms with van der Waals surface area (Å²) in [6.45, 7) is 1.89.